The molecule has 1 aliphatic heterocycles. The van der Waals surface area contributed by atoms with E-state index in [0.29, 0.717) is 43.1 Å². The largest absolute Gasteiger partial charge is 0.459 e. The van der Waals surface area contributed by atoms with Gasteiger partial charge in [0.15, 0.2) is 5.76 Å². The number of thiophene rings is 1. The van der Waals surface area contributed by atoms with Crippen LogP contribution in [-0.2, 0) is 4.79 Å². The first-order valence-corrected chi connectivity index (χ1v) is 10.4. The molecule has 0 unspecified atom stereocenters. The summed E-state index contributed by atoms with van der Waals surface area (Å²) in [7, 11) is 0. The molecule has 28 heavy (non-hydrogen) atoms. The molecule has 0 bridgehead atoms. The lowest BCUT2D eigenvalue weighted by Gasteiger charge is -2.35. The summed E-state index contributed by atoms with van der Waals surface area (Å²) < 4.78 is 5.19. The van der Waals surface area contributed by atoms with Crippen molar-refractivity contribution in [3.63, 3.8) is 0 Å². The van der Waals surface area contributed by atoms with E-state index in [9.17, 15) is 14.4 Å². The number of hydrogen-bond donors (Lipinski definition) is 2. The van der Waals surface area contributed by atoms with Crippen molar-refractivity contribution in [3.8, 4) is 0 Å². The van der Waals surface area contributed by atoms with Crippen molar-refractivity contribution in [3.05, 3.63) is 46.5 Å². The molecule has 2 N–H and O–H groups in total. The number of carbonyl (C=O) groups excluding carboxylic acids is 3. The fourth-order valence-corrected chi connectivity index (χ4v) is 3.99. The third-order valence-electron chi connectivity index (χ3n) is 4.89. The molecule has 150 valence electrons. The van der Waals surface area contributed by atoms with Crippen molar-refractivity contribution >= 4 is 29.1 Å². The number of furan rings is 1. The molecule has 0 spiro atoms. The number of likely N-dealkylation sites (tertiary alicyclic amines) is 1. The molecule has 2 aromatic heterocycles. The first-order chi connectivity index (χ1) is 13.6. The molecule has 3 amide bonds. The SMILES string of the molecule is CCCNC(=O)[C@H](NC(=O)c1cccs1)C1CCN(C(=O)c2ccco2)CC1. The standard InChI is InChI=1S/C20H25N3O4S/c1-2-9-21-19(25)17(22-18(24)16-6-4-13-28-16)14-7-10-23(11-8-14)20(26)15-5-3-12-27-15/h3-6,12-14,17H,2,7-11H2,1H3,(H,21,25)(H,22,24)/t17-/m1/s1. The van der Waals surface area contributed by atoms with Crippen molar-refractivity contribution in [2.24, 2.45) is 5.92 Å². The minimum absolute atomic E-state index is 0.0265. The Kier molecular flexibility index (Phi) is 6.86. The number of hydrogen-bond acceptors (Lipinski definition) is 5. The van der Waals surface area contributed by atoms with Crippen LogP contribution in [0.3, 0.4) is 0 Å². The minimum Gasteiger partial charge on any atom is -0.459 e. The van der Waals surface area contributed by atoms with E-state index in [1.54, 1.807) is 23.1 Å². The van der Waals surface area contributed by atoms with Gasteiger partial charge in [0.2, 0.25) is 5.91 Å². The molecule has 2 aromatic rings. The highest BCUT2D eigenvalue weighted by atomic mass is 32.1. The minimum atomic E-state index is -0.609. The van der Waals surface area contributed by atoms with Crippen LogP contribution in [0.4, 0.5) is 0 Å². The average Bonchev–Trinajstić information content (AvgIpc) is 3.44. The quantitative estimate of drug-likeness (QED) is 0.743. The van der Waals surface area contributed by atoms with Crippen molar-refractivity contribution < 1.29 is 18.8 Å². The first kappa shape index (κ1) is 20.1. The lowest BCUT2D eigenvalue weighted by atomic mass is 9.88. The predicted molar refractivity (Wildman–Crippen MR) is 106 cm³/mol. The Bertz CT molecular complexity index is 780. The van der Waals surface area contributed by atoms with Gasteiger partial charge in [0, 0.05) is 19.6 Å². The molecule has 3 rings (SSSR count). The predicted octanol–water partition coefficient (Wildman–Crippen LogP) is 2.52. The summed E-state index contributed by atoms with van der Waals surface area (Å²) in [4.78, 5) is 39.9. The number of rotatable bonds is 7. The summed E-state index contributed by atoms with van der Waals surface area (Å²) >= 11 is 1.34. The van der Waals surface area contributed by atoms with E-state index in [1.165, 1.54) is 17.6 Å². The second-order valence-electron chi connectivity index (χ2n) is 6.83. The van der Waals surface area contributed by atoms with Crippen LogP contribution in [0.1, 0.15) is 46.4 Å². The van der Waals surface area contributed by atoms with E-state index < -0.39 is 6.04 Å². The second-order valence-corrected chi connectivity index (χ2v) is 7.77. The Morgan fingerprint density at radius 2 is 2.04 bits per heavy atom. The van der Waals surface area contributed by atoms with Crippen LogP contribution in [0.5, 0.6) is 0 Å². The first-order valence-electron chi connectivity index (χ1n) is 9.55. The Balaban J connectivity index is 1.64. The molecule has 3 heterocycles. The third kappa shape index (κ3) is 4.81. The number of nitrogens with one attached hydrogen (secondary N) is 2. The number of nitrogens with zero attached hydrogens (tertiary/aromatic N) is 1. The Hall–Kier alpha value is -2.61. The van der Waals surface area contributed by atoms with E-state index in [2.05, 4.69) is 10.6 Å². The van der Waals surface area contributed by atoms with Gasteiger partial charge in [0.1, 0.15) is 6.04 Å². The fourth-order valence-electron chi connectivity index (χ4n) is 3.37. The second kappa shape index (κ2) is 9.54. The number of amides is 3. The van der Waals surface area contributed by atoms with Crippen molar-refractivity contribution in [1.82, 2.24) is 15.5 Å². The summed E-state index contributed by atoms with van der Waals surface area (Å²) in [5.41, 5.74) is 0. The number of carbonyl (C=O) groups is 3. The zero-order chi connectivity index (χ0) is 19.9. The molecule has 0 aromatic carbocycles. The summed E-state index contributed by atoms with van der Waals surface area (Å²) in [6.45, 7) is 3.60. The molecule has 0 aliphatic carbocycles. The topological polar surface area (TPSA) is 91.7 Å². The summed E-state index contributed by atoms with van der Waals surface area (Å²) in [5.74, 6) is -0.246. The highest BCUT2D eigenvalue weighted by molar-refractivity contribution is 7.12. The Morgan fingerprint density at radius 1 is 1.25 bits per heavy atom. The van der Waals surface area contributed by atoms with E-state index in [1.807, 2.05) is 18.4 Å². The summed E-state index contributed by atoms with van der Waals surface area (Å²) in [5, 5.41) is 7.63. The van der Waals surface area contributed by atoms with E-state index in [0.717, 1.165) is 6.42 Å². The van der Waals surface area contributed by atoms with E-state index in [-0.39, 0.29) is 23.6 Å². The van der Waals surface area contributed by atoms with E-state index in [4.69, 9.17) is 4.42 Å². The van der Waals surface area contributed by atoms with Crippen molar-refractivity contribution in [2.75, 3.05) is 19.6 Å². The molecule has 1 saturated heterocycles. The fraction of sp³-hybridized carbons (Fsp3) is 0.450. The monoisotopic (exact) mass is 403 g/mol. The van der Waals surface area contributed by atoms with Crippen molar-refractivity contribution in [2.45, 2.75) is 32.2 Å². The Labute approximate surface area is 168 Å². The average molecular weight is 404 g/mol. The normalized spacial score (nSPS) is 15.8. The molecule has 7 nitrogen and oxygen atoms in total. The third-order valence-corrected chi connectivity index (χ3v) is 5.76. The van der Waals surface area contributed by atoms with Crippen molar-refractivity contribution in [1.29, 1.82) is 0 Å². The van der Waals surface area contributed by atoms with Gasteiger partial charge >= 0.3 is 0 Å². The maximum Gasteiger partial charge on any atom is 0.289 e. The molecule has 1 aliphatic rings. The van der Waals surface area contributed by atoms with Crippen LogP contribution in [0.15, 0.2) is 40.3 Å². The lowest BCUT2D eigenvalue weighted by molar-refractivity contribution is -0.124. The van der Waals surface area contributed by atoms with Crippen LogP contribution in [-0.4, -0.2) is 48.3 Å². The zero-order valence-electron chi connectivity index (χ0n) is 15.8. The molecular formula is C20H25N3O4S. The summed E-state index contributed by atoms with van der Waals surface area (Å²) in [6.07, 6.45) is 3.59. The smallest absolute Gasteiger partial charge is 0.289 e. The van der Waals surface area contributed by atoms with Gasteiger partial charge in [-0.3, -0.25) is 14.4 Å². The van der Waals surface area contributed by atoms with Gasteiger partial charge in [-0.25, -0.2) is 0 Å². The van der Waals surface area contributed by atoms with Gasteiger partial charge in [-0.15, -0.1) is 11.3 Å². The van der Waals surface area contributed by atoms with Crippen LogP contribution < -0.4 is 10.6 Å². The van der Waals surface area contributed by atoms with Gasteiger partial charge < -0.3 is 20.0 Å². The number of piperidine rings is 1. The maximum absolute atomic E-state index is 12.7. The van der Waals surface area contributed by atoms with Gasteiger partial charge in [0.05, 0.1) is 11.1 Å². The van der Waals surface area contributed by atoms with E-state index >= 15 is 0 Å². The molecule has 0 saturated carbocycles. The molecule has 0 radical (unpaired) electrons. The van der Waals surface area contributed by atoms with Crippen LogP contribution >= 0.6 is 11.3 Å². The highest BCUT2D eigenvalue weighted by Gasteiger charge is 2.34. The van der Waals surface area contributed by atoms with Gasteiger partial charge in [0.25, 0.3) is 11.8 Å². The lowest BCUT2D eigenvalue weighted by Crippen LogP contribution is -2.53. The molecule has 8 heteroatoms. The maximum atomic E-state index is 12.7. The zero-order valence-corrected chi connectivity index (χ0v) is 16.7. The Morgan fingerprint density at radius 3 is 2.64 bits per heavy atom. The molecule has 1 fully saturated rings. The van der Waals surface area contributed by atoms with Gasteiger partial charge in [-0.2, -0.15) is 0 Å². The highest BCUT2D eigenvalue weighted by Crippen LogP contribution is 2.23. The van der Waals surface area contributed by atoms with Gasteiger partial charge in [-0.1, -0.05) is 13.0 Å². The molecule has 1 atom stereocenters. The van der Waals surface area contributed by atoms with Crippen LogP contribution in [0, 0.1) is 5.92 Å². The van der Waals surface area contributed by atoms with Crippen LogP contribution in [0.25, 0.3) is 0 Å². The van der Waals surface area contributed by atoms with Crippen LogP contribution in [0.2, 0.25) is 0 Å². The van der Waals surface area contributed by atoms with Gasteiger partial charge in [-0.05, 0) is 48.8 Å². The summed E-state index contributed by atoms with van der Waals surface area (Å²) in [6, 6.07) is 6.28. The molecular weight excluding hydrogens is 378 g/mol.